The monoisotopic (exact) mass is 1770 g/mol. The molecule has 0 amide bonds. The molecule has 7 aromatic carbocycles. The van der Waals surface area contributed by atoms with Crippen LogP contribution in [-0.2, 0) is 28.4 Å². The lowest BCUT2D eigenvalue weighted by Gasteiger charge is -2.35. The Kier molecular flexibility index (Phi) is 34.9. The number of ether oxygens (including phenoxy) is 6. The summed E-state index contributed by atoms with van der Waals surface area (Å²) >= 11 is 0. The standard InChI is InChI=1S/C23H33NO.C22H31NO.C18H19NO.C18H25NO.C17H23NO.C13H17NO.6CH4/c1-17-11-9-10-16-21(17)24-18(2)22(19-12-5-3-6-13-19)25-23(24)20-14-7-4-8-15-20;1-16-10-6-9-15-20(16)23-17(2)21(18-11-7-8-12-18)24-22(23)19-13-4-3-5-14-19;1-13-9-7-8-12-17(13)19-14(2)18(20-15(19)3)16-10-5-4-6-11-16;1-13-9-7-8-12-17(13)19-14(2)15(3)20-18(19)16-10-5-4-6-11-16;1-12-8-4-7-11-16(12)18-13(2)17(19-14(18)3)15-9-5-6-10-15;1-9-7-5-6-8-13(9)14-10(2)11(3)15-12(14)4;;;;;;/h9-11,16,19-20,23H,3-8,12-15H2,1-2H3;6,9-10,15,18-19,22H,3-5,7-8,11-14H2,1-2H3;4-12,15H,1-3H3;7-9,12,16,18H,4-6,10-11H2,1-3H3;4,7-8,11,14-15H,5-6,9-10H2,1-3H3;5-8,12H,1-4H3;6*1H4/i;;3D3;;3D3;4D3;;;;;;. The second kappa shape index (κ2) is 49.2. The van der Waals surface area contributed by atoms with E-state index in [0.29, 0.717) is 47.0 Å². The third-order valence-electron chi connectivity index (χ3n) is 28.5. The second-order valence-electron chi connectivity index (χ2n) is 36.8. The van der Waals surface area contributed by atoms with Crippen molar-refractivity contribution in [1.82, 2.24) is 0 Å². The highest BCUT2D eigenvalue weighted by molar-refractivity contribution is 5.73. The van der Waals surface area contributed by atoms with E-state index in [1.54, 1.807) is 16.7 Å². The van der Waals surface area contributed by atoms with Crippen LogP contribution in [0.3, 0.4) is 0 Å². The van der Waals surface area contributed by atoms with Gasteiger partial charge in [0.1, 0.15) is 34.6 Å². The zero-order valence-electron chi connectivity index (χ0n) is 85.6. The van der Waals surface area contributed by atoms with Gasteiger partial charge in [-0.3, -0.25) is 0 Å². The Bertz CT molecular complexity index is 5230. The Labute approximate surface area is 798 Å². The van der Waals surface area contributed by atoms with Gasteiger partial charge in [-0.15, -0.1) is 0 Å². The summed E-state index contributed by atoms with van der Waals surface area (Å²) in [4.78, 5) is 12.9. The van der Waals surface area contributed by atoms with Gasteiger partial charge in [0.05, 0.1) is 34.2 Å². The number of rotatable bonds is 13. The molecule has 6 unspecified atom stereocenters. The highest BCUT2D eigenvalue weighted by Gasteiger charge is 2.45. The molecule has 0 radical (unpaired) electrons. The summed E-state index contributed by atoms with van der Waals surface area (Å²) in [6, 6.07) is 59.3. The summed E-state index contributed by atoms with van der Waals surface area (Å²) in [7, 11) is 0. The van der Waals surface area contributed by atoms with Crippen molar-refractivity contribution in [3.05, 3.63) is 278 Å². The van der Waals surface area contributed by atoms with E-state index in [4.69, 9.17) is 40.8 Å². The average molecular weight is 1770 g/mol. The molecule has 6 atom stereocenters. The lowest BCUT2D eigenvalue weighted by atomic mass is 9.87. The molecular weight excluding hydrogens is 1590 g/mol. The molecule has 6 aliphatic carbocycles. The molecule has 0 spiro atoms. The number of benzene rings is 7. The van der Waals surface area contributed by atoms with Gasteiger partial charge in [-0.2, -0.15) is 0 Å². The maximum absolute atomic E-state index is 7.87. The maximum Gasteiger partial charge on any atom is 0.178 e. The van der Waals surface area contributed by atoms with Crippen LogP contribution in [0.15, 0.2) is 239 Å². The summed E-state index contributed by atoms with van der Waals surface area (Å²) in [5.74, 6) is 9.58. The zero-order chi connectivity index (χ0) is 93.9. The fourth-order valence-corrected chi connectivity index (χ4v) is 21.4. The molecule has 6 heterocycles. The van der Waals surface area contributed by atoms with E-state index < -0.39 is 39.2 Å². The molecule has 6 saturated carbocycles. The van der Waals surface area contributed by atoms with Crippen molar-refractivity contribution in [2.75, 3.05) is 29.4 Å². The van der Waals surface area contributed by atoms with Crippen molar-refractivity contribution in [1.29, 1.82) is 0 Å². The summed E-state index contributed by atoms with van der Waals surface area (Å²) < 4.78 is 107. The number of hydrogen-bond acceptors (Lipinski definition) is 12. The fourth-order valence-electron chi connectivity index (χ4n) is 21.4. The number of para-hydroxylation sites is 6. The van der Waals surface area contributed by atoms with Crippen molar-refractivity contribution >= 4 is 39.9 Å². The Balaban J connectivity index is 0.000000202. The predicted molar refractivity (Wildman–Crippen MR) is 553 cm³/mol. The highest BCUT2D eigenvalue weighted by Crippen LogP contribution is 2.50. The van der Waals surface area contributed by atoms with Gasteiger partial charge in [0.25, 0.3) is 0 Å². The Morgan fingerprint density at radius 3 is 0.791 bits per heavy atom. The number of nitrogens with zero attached hydrogens (tertiary/aromatic N) is 6. The lowest BCUT2D eigenvalue weighted by Crippen LogP contribution is -2.38. The van der Waals surface area contributed by atoms with Crippen molar-refractivity contribution in [3.8, 4) is 0 Å². The van der Waals surface area contributed by atoms with Gasteiger partial charge in [-0.05, 0) is 264 Å². The summed E-state index contributed by atoms with van der Waals surface area (Å²) in [5.41, 5.74) is 21.4. The maximum atomic E-state index is 7.87. The summed E-state index contributed by atoms with van der Waals surface area (Å²) in [5, 5.41) is 0. The predicted octanol–water partition coefficient (Wildman–Crippen LogP) is 34.1. The molecule has 12 heteroatoms. The Morgan fingerprint density at radius 2 is 0.457 bits per heavy atom. The van der Waals surface area contributed by atoms with E-state index in [-0.39, 0.29) is 63.2 Å². The van der Waals surface area contributed by atoms with Gasteiger partial charge in [0.15, 0.2) is 37.4 Å². The molecule has 6 fully saturated rings. The smallest absolute Gasteiger partial charge is 0.178 e. The van der Waals surface area contributed by atoms with Crippen LogP contribution >= 0.6 is 0 Å². The van der Waals surface area contributed by atoms with Crippen LogP contribution in [0, 0.1) is 77.0 Å². The molecular formula is C117H172N6O6. The lowest BCUT2D eigenvalue weighted by molar-refractivity contribution is 0.0513. The van der Waals surface area contributed by atoms with E-state index in [9.17, 15) is 0 Å². The van der Waals surface area contributed by atoms with Gasteiger partial charge < -0.3 is 57.8 Å². The first kappa shape index (κ1) is 91.5. The van der Waals surface area contributed by atoms with Gasteiger partial charge in [-0.25, -0.2) is 0 Å². The van der Waals surface area contributed by atoms with E-state index >= 15 is 0 Å². The molecule has 706 valence electrons. The van der Waals surface area contributed by atoms with Crippen LogP contribution in [0.2, 0.25) is 0 Å². The third kappa shape index (κ3) is 24.1. The minimum absolute atomic E-state index is 0. The van der Waals surface area contributed by atoms with Gasteiger partial charge >= 0.3 is 0 Å². The third-order valence-corrected chi connectivity index (χ3v) is 28.5. The van der Waals surface area contributed by atoms with E-state index in [1.807, 2.05) is 150 Å². The summed E-state index contributed by atoms with van der Waals surface area (Å²) in [6.07, 6.45) is 34.7. The largest absolute Gasteiger partial charge is 0.473 e. The zero-order valence-corrected chi connectivity index (χ0v) is 76.6. The van der Waals surface area contributed by atoms with E-state index in [1.165, 1.54) is 229 Å². The van der Waals surface area contributed by atoms with Crippen LogP contribution in [0.4, 0.5) is 34.1 Å². The number of allylic oxidation sites excluding steroid dienone is 11. The number of hydrogen-bond donors (Lipinski definition) is 0. The Hall–Kier alpha value is -9.42. The van der Waals surface area contributed by atoms with E-state index in [0.717, 1.165) is 80.8 Å². The molecule has 0 saturated heterocycles. The van der Waals surface area contributed by atoms with Crippen LogP contribution in [0.1, 0.15) is 352 Å². The van der Waals surface area contributed by atoms with Crippen LogP contribution in [0.25, 0.3) is 5.76 Å². The quantitative estimate of drug-likeness (QED) is 0.110. The average Bonchev–Trinajstić information content (AvgIpc) is 1.61. The first-order chi connectivity index (χ1) is 63.3. The molecule has 0 N–H and O–H groups in total. The Morgan fingerprint density at radius 1 is 0.225 bits per heavy atom. The topological polar surface area (TPSA) is 74.8 Å². The molecule has 0 bridgehead atoms. The molecule has 19 rings (SSSR count). The van der Waals surface area contributed by atoms with Crippen LogP contribution in [-0.4, -0.2) is 37.4 Å². The summed E-state index contributed by atoms with van der Waals surface area (Å²) in [6.45, 7) is 22.5. The van der Waals surface area contributed by atoms with Crippen molar-refractivity contribution in [2.24, 2.45) is 35.5 Å². The molecule has 12 aliphatic rings. The molecule has 0 aromatic heterocycles. The first-order valence-electron chi connectivity index (χ1n) is 51.6. The first-order valence-corrected chi connectivity index (χ1v) is 47.1. The minimum atomic E-state index is -2.25. The number of anilines is 6. The van der Waals surface area contributed by atoms with Gasteiger partial charge in [0.2, 0.25) is 0 Å². The van der Waals surface area contributed by atoms with Crippen LogP contribution < -0.4 is 29.4 Å². The SMILES string of the molecule is C.C.C.C.C.C.CC1=C(C)N(c2ccccc2C)C(C2CCCCC2)O1.CC1=C(C2CCCC2)OC(C2CCCCC2)N1c1ccccc1C.CC1=C(C2CCCCC2)OC(C2CCCCC2)N1c1ccccc1C.[2H]C([2H])([2H])C1OC(C)=C(C)N1c1ccccc1C.[2H]C([2H])([2H])C1OC(C2CCCC2)=C(C)N1c1ccccc1C.[2H]C([2H])([2H])C1OC(c2ccccc2)=C(C)N1c1ccccc1C. The highest BCUT2D eigenvalue weighted by atomic mass is 16.5. The van der Waals surface area contributed by atoms with Crippen molar-refractivity contribution in [3.63, 3.8) is 0 Å². The van der Waals surface area contributed by atoms with Crippen LogP contribution in [0.5, 0.6) is 0 Å². The van der Waals surface area contributed by atoms with E-state index in [2.05, 4.69) is 136 Å². The van der Waals surface area contributed by atoms with Gasteiger partial charge in [-0.1, -0.05) is 287 Å². The fraction of sp³-hybridized carbons (Fsp3) is 0.538. The van der Waals surface area contributed by atoms with Crippen molar-refractivity contribution < 1.29 is 40.8 Å². The van der Waals surface area contributed by atoms with Crippen molar-refractivity contribution in [2.45, 2.75) is 379 Å². The second-order valence-corrected chi connectivity index (χ2v) is 36.8. The molecule has 6 aliphatic heterocycles. The normalized spacial score (nSPS) is 23.8. The molecule has 12 nitrogen and oxygen atoms in total. The van der Waals surface area contributed by atoms with Gasteiger partial charge in [0, 0.05) is 87.5 Å². The molecule has 7 aromatic rings. The number of aryl methyl sites for hydroxylation is 6. The minimum Gasteiger partial charge on any atom is -0.473 e. The molecule has 129 heavy (non-hydrogen) atoms.